The molecule has 0 radical (unpaired) electrons. The summed E-state index contributed by atoms with van der Waals surface area (Å²) in [6.45, 7) is 0.508. The molecule has 0 aromatic carbocycles. The van der Waals surface area contributed by atoms with Crippen molar-refractivity contribution in [3.63, 3.8) is 0 Å². The van der Waals surface area contributed by atoms with Crippen LogP contribution in [0.25, 0.3) is 0 Å². The number of aromatic nitrogens is 2. The van der Waals surface area contributed by atoms with Crippen molar-refractivity contribution in [2.45, 2.75) is 13.0 Å². The maximum Gasteiger partial charge on any atom is 0.235 e. The van der Waals surface area contributed by atoms with Crippen LogP contribution < -0.4 is 4.90 Å². The van der Waals surface area contributed by atoms with E-state index in [1.54, 1.807) is 6.20 Å². The lowest BCUT2D eigenvalue weighted by Gasteiger charge is -2.10. The summed E-state index contributed by atoms with van der Waals surface area (Å²) in [5, 5.41) is 12.7. The van der Waals surface area contributed by atoms with Crippen LogP contribution in [0.2, 0.25) is 0 Å². The number of aliphatic hydroxyl groups is 1. The molecular weight excluding hydrogens is 198 g/mol. The van der Waals surface area contributed by atoms with Crippen molar-refractivity contribution >= 4 is 17.4 Å². The Hall–Kier alpha value is -1.69. The summed E-state index contributed by atoms with van der Waals surface area (Å²) >= 11 is 0. The van der Waals surface area contributed by atoms with Gasteiger partial charge in [-0.15, -0.1) is 0 Å². The van der Waals surface area contributed by atoms with Crippen molar-refractivity contribution in [1.29, 1.82) is 0 Å². The predicted octanol–water partition coefficient (Wildman–Crippen LogP) is -0.819. The van der Waals surface area contributed by atoms with Crippen LogP contribution in [0, 0.1) is 0 Å². The van der Waals surface area contributed by atoms with Crippen molar-refractivity contribution < 1.29 is 14.7 Å². The summed E-state index contributed by atoms with van der Waals surface area (Å²) in [6, 6.07) is 0. The third-order valence-corrected chi connectivity index (χ3v) is 2.24. The van der Waals surface area contributed by atoms with E-state index in [0.29, 0.717) is 12.2 Å². The van der Waals surface area contributed by atoms with Gasteiger partial charge in [-0.2, -0.15) is 5.10 Å². The lowest BCUT2D eigenvalue weighted by atomic mass is 10.3. The Bertz CT molecular complexity index is 399. The molecule has 1 aliphatic rings. The first kappa shape index (κ1) is 9.85. The number of carbonyl (C=O) groups is 2. The second-order valence-electron chi connectivity index (χ2n) is 3.38. The summed E-state index contributed by atoms with van der Waals surface area (Å²) in [4.78, 5) is 23.8. The number of amides is 1. The van der Waals surface area contributed by atoms with E-state index < -0.39 is 0 Å². The third kappa shape index (κ3) is 1.89. The second kappa shape index (κ2) is 3.82. The highest BCUT2D eigenvalue weighted by molar-refractivity contribution is 6.14. The summed E-state index contributed by atoms with van der Waals surface area (Å²) in [6.07, 6.45) is 3.14. The van der Waals surface area contributed by atoms with Crippen molar-refractivity contribution in [3.8, 4) is 0 Å². The highest BCUT2D eigenvalue weighted by atomic mass is 16.3. The van der Waals surface area contributed by atoms with E-state index in [2.05, 4.69) is 5.10 Å². The molecule has 0 spiro atoms. The summed E-state index contributed by atoms with van der Waals surface area (Å²) in [7, 11) is 0. The SMILES string of the molecule is O=C1CC(=O)N(c2cnn(CCO)c2)C1. The van der Waals surface area contributed by atoms with Crippen LogP contribution in [0.15, 0.2) is 12.4 Å². The lowest BCUT2D eigenvalue weighted by Crippen LogP contribution is -2.24. The maximum absolute atomic E-state index is 11.4. The Morgan fingerprint density at radius 2 is 2.27 bits per heavy atom. The quantitative estimate of drug-likeness (QED) is 0.660. The average Bonchev–Trinajstić information content (AvgIpc) is 2.73. The van der Waals surface area contributed by atoms with Crippen LogP contribution >= 0.6 is 0 Å². The fourth-order valence-electron chi connectivity index (χ4n) is 1.54. The van der Waals surface area contributed by atoms with Gasteiger partial charge < -0.3 is 10.0 Å². The zero-order chi connectivity index (χ0) is 10.8. The van der Waals surface area contributed by atoms with Crippen molar-refractivity contribution in [2.24, 2.45) is 0 Å². The van der Waals surface area contributed by atoms with Crippen LogP contribution in [0.3, 0.4) is 0 Å². The van der Waals surface area contributed by atoms with E-state index in [4.69, 9.17) is 5.11 Å². The molecule has 0 saturated carbocycles. The molecule has 1 amide bonds. The summed E-state index contributed by atoms with van der Waals surface area (Å²) < 4.78 is 1.53. The first-order valence-corrected chi connectivity index (χ1v) is 4.66. The molecule has 1 aromatic rings. The largest absolute Gasteiger partial charge is 0.394 e. The van der Waals surface area contributed by atoms with E-state index in [9.17, 15) is 9.59 Å². The zero-order valence-corrected chi connectivity index (χ0v) is 8.09. The molecule has 6 heteroatoms. The molecule has 0 aliphatic carbocycles. The Labute approximate surface area is 86.1 Å². The van der Waals surface area contributed by atoms with Crippen LogP contribution in [-0.2, 0) is 16.1 Å². The van der Waals surface area contributed by atoms with E-state index in [-0.39, 0.29) is 31.3 Å². The number of hydrogen-bond acceptors (Lipinski definition) is 4. The molecule has 1 aromatic heterocycles. The number of rotatable bonds is 3. The average molecular weight is 209 g/mol. The van der Waals surface area contributed by atoms with Crippen LogP contribution in [-0.4, -0.2) is 39.7 Å². The standard InChI is InChI=1S/C9H11N3O3/c13-2-1-11-5-7(4-10-11)12-6-8(14)3-9(12)15/h4-5,13H,1-3,6H2. The van der Waals surface area contributed by atoms with Crippen LogP contribution in [0.4, 0.5) is 5.69 Å². The molecule has 80 valence electrons. The molecule has 0 atom stereocenters. The Morgan fingerprint density at radius 3 is 2.87 bits per heavy atom. The van der Waals surface area contributed by atoms with E-state index in [0.717, 1.165) is 0 Å². The molecule has 2 rings (SSSR count). The van der Waals surface area contributed by atoms with Crippen molar-refractivity contribution in [3.05, 3.63) is 12.4 Å². The van der Waals surface area contributed by atoms with Gasteiger partial charge in [0.25, 0.3) is 0 Å². The molecule has 1 saturated heterocycles. The lowest BCUT2D eigenvalue weighted by molar-refractivity contribution is -0.121. The van der Waals surface area contributed by atoms with Gasteiger partial charge in [0.05, 0.1) is 38.0 Å². The van der Waals surface area contributed by atoms with Crippen LogP contribution in [0.5, 0.6) is 0 Å². The number of Topliss-reactive ketones (excluding diaryl/α,β-unsaturated/α-hetero) is 1. The monoisotopic (exact) mass is 209 g/mol. The van der Waals surface area contributed by atoms with E-state index in [1.807, 2.05) is 0 Å². The minimum atomic E-state index is -0.191. The van der Waals surface area contributed by atoms with Crippen molar-refractivity contribution in [2.75, 3.05) is 18.1 Å². The Kier molecular flexibility index (Phi) is 2.51. The van der Waals surface area contributed by atoms with Crippen LogP contribution in [0.1, 0.15) is 6.42 Å². The highest BCUT2D eigenvalue weighted by Crippen LogP contribution is 2.18. The second-order valence-corrected chi connectivity index (χ2v) is 3.38. The number of carbonyl (C=O) groups excluding carboxylic acids is 2. The van der Waals surface area contributed by atoms with Gasteiger partial charge in [-0.1, -0.05) is 0 Å². The zero-order valence-electron chi connectivity index (χ0n) is 8.09. The van der Waals surface area contributed by atoms with Crippen molar-refractivity contribution in [1.82, 2.24) is 9.78 Å². The molecular formula is C9H11N3O3. The first-order chi connectivity index (χ1) is 7.20. The van der Waals surface area contributed by atoms with E-state index in [1.165, 1.54) is 15.8 Å². The molecule has 1 N–H and O–H groups in total. The number of hydrogen-bond donors (Lipinski definition) is 1. The smallest absolute Gasteiger partial charge is 0.235 e. The topological polar surface area (TPSA) is 75.4 Å². The fourth-order valence-corrected chi connectivity index (χ4v) is 1.54. The molecule has 1 fully saturated rings. The van der Waals surface area contributed by atoms with Gasteiger partial charge in [0.1, 0.15) is 0 Å². The molecule has 0 bridgehead atoms. The minimum Gasteiger partial charge on any atom is -0.394 e. The molecule has 6 nitrogen and oxygen atoms in total. The molecule has 15 heavy (non-hydrogen) atoms. The number of anilines is 1. The van der Waals surface area contributed by atoms with Gasteiger partial charge >= 0.3 is 0 Å². The normalized spacial score (nSPS) is 16.5. The first-order valence-electron chi connectivity index (χ1n) is 4.66. The number of ketones is 1. The number of nitrogens with zero attached hydrogens (tertiary/aromatic N) is 3. The summed E-state index contributed by atoms with van der Waals surface area (Å²) in [5.41, 5.74) is 0.610. The highest BCUT2D eigenvalue weighted by Gasteiger charge is 2.29. The van der Waals surface area contributed by atoms with Gasteiger partial charge in [-0.25, -0.2) is 0 Å². The maximum atomic E-state index is 11.4. The molecule has 1 aliphatic heterocycles. The predicted molar refractivity (Wildman–Crippen MR) is 51.3 cm³/mol. The van der Waals surface area contributed by atoms with Gasteiger partial charge in [0, 0.05) is 6.20 Å². The van der Waals surface area contributed by atoms with Gasteiger partial charge in [0.15, 0.2) is 5.78 Å². The fraction of sp³-hybridized carbons (Fsp3) is 0.444. The van der Waals surface area contributed by atoms with Gasteiger partial charge in [-0.3, -0.25) is 14.3 Å². The third-order valence-electron chi connectivity index (χ3n) is 2.24. The number of aliphatic hydroxyl groups excluding tert-OH is 1. The van der Waals surface area contributed by atoms with Gasteiger partial charge in [0.2, 0.25) is 5.91 Å². The minimum absolute atomic E-state index is 0.00596. The summed E-state index contributed by atoms with van der Waals surface area (Å²) in [5.74, 6) is -0.265. The Balaban J connectivity index is 2.15. The van der Waals surface area contributed by atoms with E-state index >= 15 is 0 Å². The molecule has 0 unspecified atom stereocenters. The van der Waals surface area contributed by atoms with Gasteiger partial charge in [-0.05, 0) is 0 Å². The molecule has 2 heterocycles. The Morgan fingerprint density at radius 1 is 1.47 bits per heavy atom.